The maximum atomic E-state index is 13.9. The van der Waals surface area contributed by atoms with Crippen molar-refractivity contribution >= 4 is 21.8 Å². The van der Waals surface area contributed by atoms with Crippen molar-refractivity contribution in [3.8, 4) is 0 Å². The van der Waals surface area contributed by atoms with Crippen molar-refractivity contribution in [1.82, 2.24) is 4.90 Å². The number of nitrogens with zero attached hydrogens (tertiary/aromatic N) is 1. The first-order valence-electron chi connectivity index (χ1n) is 6.59. The minimum absolute atomic E-state index is 0.121. The van der Waals surface area contributed by atoms with E-state index in [2.05, 4.69) is 15.9 Å². The Morgan fingerprint density at radius 3 is 2.71 bits per heavy atom. The van der Waals surface area contributed by atoms with Gasteiger partial charge >= 0.3 is 0 Å². The van der Waals surface area contributed by atoms with Crippen LogP contribution in [0.25, 0.3) is 0 Å². The van der Waals surface area contributed by atoms with Gasteiger partial charge in [-0.3, -0.25) is 4.79 Å². The summed E-state index contributed by atoms with van der Waals surface area (Å²) in [6.45, 7) is -0.341. The topological polar surface area (TPSA) is 40.5 Å². The third kappa shape index (κ3) is 2.34. The minimum Gasteiger partial charge on any atom is -0.369 e. The van der Waals surface area contributed by atoms with Gasteiger partial charge in [-0.15, -0.1) is 0 Å². The maximum Gasteiger partial charge on any atom is 0.259 e. The second-order valence-electron chi connectivity index (χ2n) is 4.61. The Hall–Kier alpha value is -1.79. The summed E-state index contributed by atoms with van der Waals surface area (Å²) in [5.41, 5.74) is -0.372. The van der Waals surface area contributed by atoms with Gasteiger partial charge in [0.05, 0.1) is 13.5 Å². The van der Waals surface area contributed by atoms with Crippen molar-refractivity contribution in [3.05, 3.63) is 69.2 Å². The van der Waals surface area contributed by atoms with E-state index in [0.717, 1.165) is 11.0 Å². The zero-order valence-corrected chi connectivity index (χ0v) is 12.2. The summed E-state index contributed by atoms with van der Waals surface area (Å²) in [5.74, 6) is -2.24. The molecule has 0 bridgehead atoms. The molecule has 1 amide bonds. The molecule has 108 valence electrons. The first-order valence-corrected chi connectivity index (χ1v) is 6.89. The van der Waals surface area contributed by atoms with Crippen LogP contribution in [0, 0.1) is 11.6 Å². The Morgan fingerprint density at radius 1 is 1.29 bits per heavy atom. The lowest BCUT2D eigenvalue weighted by molar-refractivity contribution is 0.0133. The standard InChI is InChI=1S/C15H10BrF2NO2/c16-9-5-4-8(12(18)6-9)7-19-14(20)10-2-1-3-11(17)13(10)15(19)21/h1-6,14,20H,7H2/i14D. The van der Waals surface area contributed by atoms with Crippen molar-refractivity contribution in [2.24, 2.45) is 0 Å². The first kappa shape index (κ1) is 12.9. The van der Waals surface area contributed by atoms with Crippen LogP contribution in [0.1, 0.15) is 29.1 Å². The molecule has 0 aliphatic carbocycles. The lowest BCUT2D eigenvalue weighted by atomic mass is 10.1. The number of halogens is 3. The van der Waals surface area contributed by atoms with Crippen LogP contribution in [-0.4, -0.2) is 15.9 Å². The first-order chi connectivity index (χ1) is 10.3. The molecular weight excluding hydrogens is 344 g/mol. The molecular formula is C15H10BrF2NO2. The number of carbonyl (C=O) groups is 1. The number of benzene rings is 2. The van der Waals surface area contributed by atoms with Gasteiger partial charge in [0.1, 0.15) is 11.6 Å². The normalized spacial score (nSPS) is 21.4. The average Bonchev–Trinajstić information content (AvgIpc) is 2.63. The Bertz CT molecular complexity index is 782. The molecule has 3 rings (SSSR count). The van der Waals surface area contributed by atoms with Crippen LogP contribution in [0.5, 0.6) is 0 Å². The molecule has 1 N–H and O–H groups in total. The minimum atomic E-state index is -2.44. The summed E-state index contributed by atoms with van der Waals surface area (Å²) in [5, 5.41) is 10.3. The van der Waals surface area contributed by atoms with E-state index in [1.807, 2.05) is 0 Å². The Balaban J connectivity index is 2.03. The van der Waals surface area contributed by atoms with E-state index in [0.29, 0.717) is 4.47 Å². The molecule has 1 heterocycles. The molecule has 0 saturated heterocycles. The molecule has 0 spiro atoms. The molecule has 1 aliphatic heterocycles. The highest BCUT2D eigenvalue weighted by atomic mass is 79.9. The van der Waals surface area contributed by atoms with E-state index in [1.54, 1.807) is 6.07 Å². The van der Waals surface area contributed by atoms with E-state index in [4.69, 9.17) is 1.37 Å². The van der Waals surface area contributed by atoms with Crippen molar-refractivity contribution in [3.63, 3.8) is 0 Å². The molecule has 0 fully saturated rings. The number of carbonyl (C=O) groups excluding carboxylic acids is 1. The molecule has 0 aromatic heterocycles. The van der Waals surface area contributed by atoms with Crippen LogP contribution in [-0.2, 0) is 6.54 Å². The lowest BCUT2D eigenvalue weighted by Crippen LogP contribution is -2.28. The van der Waals surface area contributed by atoms with E-state index in [-0.39, 0.29) is 23.2 Å². The van der Waals surface area contributed by atoms with Gasteiger partial charge in [-0.25, -0.2) is 8.78 Å². The average molecular weight is 355 g/mol. The van der Waals surface area contributed by atoms with Gasteiger partial charge in [0.15, 0.2) is 6.20 Å². The van der Waals surface area contributed by atoms with Gasteiger partial charge in [-0.05, 0) is 18.2 Å². The van der Waals surface area contributed by atoms with Gasteiger partial charge < -0.3 is 10.0 Å². The largest absolute Gasteiger partial charge is 0.369 e. The highest BCUT2D eigenvalue weighted by Crippen LogP contribution is 2.34. The third-order valence-corrected chi connectivity index (χ3v) is 3.81. The number of hydrogen-bond acceptors (Lipinski definition) is 2. The van der Waals surface area contributed by atoms with Gasteiger partial charge in [0.2, 0.25) is 0 Å². The van der Waals surface area contributed by atoms with E-state index in [1.165, 1.54) is 24.3 Å². The monoisotopic (exact) mass is 354 g/mol. The Kier molecular flexibility index (Phi) is 3.20. The fourth-order valence-electron chi connectivity index (χ4n) is 2.27. The van der Waals surface area contributed by atoms with Gasteiger partial charge in [-0.1, -0.05) is 34.1 Å². The summed E-state index contributed by atoms with van der Waals surface area (Å²) in [4.78, 5) is 13.0. The number of fused-ring (bicyclic) bond motifs is 1. The summed E-state index contributed by atoms with van der Waals surface area (Å²) >= 11 is 3.12. The summed E-state index contributed by atoms with van der Waals surface area (Å²) in [7, 11) is 0. The fourth-order valence-corrected chi connectivity index (χ4v) is 2.60. The fraction of sp³-hybridized carbons (Fsp3) is 0.133. The third-order valence-electron chi connectivity index (χ3n) is 3.31. The maximum absolute atomic E-state index is 13.9. The molecule has 2 aromatic rings. The smallest absolute Gasteiger partial charge is 0.259 e. The second kappa shape index (κ2) is 5.20. The Labute approximate surface area is 129 Å². The number of amides is 1. The predicted molar refractivity (Wildman–Crippen MR) is 75.3 cm³/mol. The van der Waals surface area contributed by atoms with Crippen LogP contribution in [0.15, 0.2) is 40.9 Å². The summed E-state index contributed by atoms with van der Waals surface area (Å²) in [6.07, 6.45) is -2.44. The van der Waals surface area contributed by atoms with Crippen LogP contribution in [0.2, 0.25) is 0 Å². The predicted octanol–water partition coefficient (Wildman–Crippen LogP) is 3.37. The number of hydrogen-bond donors (Lipinski definition) is 1. The quantitative estimate of drug-likeness (QED) is 0.898. The molecule has 3 nitrogen and oxygen atoms in total. The van der Waals surface area contributed by atoms with Crippen molar-refractivity contribution < 1.29 is 20.1 Å². The molecule has 0 radical (unpaired) electrons. The highest BCUT2D eigenvalue weighted by molar-refractivity contribution is 9.10. The molecule has 6 heteroatoms. The summed E-state index contributed by atoms with van der Waals surface area (Å²) < 4.78 is 36.2. The zero-order valence-electron chi connectivity index (χ0n) is 11.6. The molecule has 0 saturated carbocycles. The van der Waals surface area contributed by atoms with Gasteiger partial charge in [-0.2, -0.15) is 0 Å². The van der Waals surface area contributed by atoms with Crippen molar-refractivity contribution in [1.29, 1.82) is 0 Å². The lowest BCUT2D eigenvalue weighted by Gasteiger charge is -2.21. The SMILES string of the molecule is [2H]C1(O)c2cccc(F)c2C(=O)N1Cc1ccc(Br)cc1F. The Morgan fingerprint density at radius 2 is 2.05 bits per heavy atom. The number of aliphatic hydroxyl groups is 1. The van der Waals surface area contributed by atoms with Crippen LogP contribution in [0.4, 0.5) is 8.78 Å². The van der Waals surface area contributed by atoms with Gasteiger partial charge in [0, 0.05) is 15.6 Å². The molecule has 2 aromatic carbocycles. The van der Waals surface area contributed by atoms with Crippen LogP contribution < -0.4 is 0 Å². The van der Waals surface area contributed by atoms with Crippen molar-refractivity contribution in [2.45, 2.75) is 12.7 Å². The second-order valence-corrected chi connectivity index (χ2v) is 5.53. The van der Waals surface area contributed by atoms with Crippen LogP contribution >= 0.6 is 15.9 Å². The molecule has 1 unspecified atom stereocenters. The number of rotatable bonds is 2. The highest BCUT2D eigenvalue weighted by Gasteiger charge is 2.37. The summed E-state index contributed by atoms with van der Waals surface area (Å²) in [6, 6.07) is 7.92. The van der Waals surface area contributed by atoms with E-state index < -0.39 is 23.7 Å². The van der Waals surface area contributed by atoms with Gasteiger partial charge in [0.25, 0.3) is 5.91 Å². The van der Waals surface area contributed by atoms with E-state index in [9.17, 15) is 18.7 Å². The molecule has 1 atom stereocenters. The molecule has 21 heavy (non-hydrogen) atoms. The van der Waals surface area contributed by atoms with Crippen LogP contribution in [0.3, 0.4) is 0 Å². The molecule has 1 aliphatic rings. The zero-order chi connectivity index (χ0) is 16.1. The van der Waals surface area contributed by atoms with Crippen molar-refractivity contribution in [2.75, 3.05) is 0 Å². The van der Waals surface area contributed by atoms with E-state index >= 15 is 0 Å².